The molecule has 3 aromatic carbocycles. The zero-order valence-corrected chi connectivity index (χ0v) is 15.1. The number of allylic oxidation sites excluding steroid dienone is 1. The van der Waals surface area contributed by atoms with Gasteiger partial charge >= 0.3 is 0 Å². The maximum Gasteiger partial charge on any atom is 0.185 e. The summed E-state index contributed by atoms with van der Waals surface area (Å²) in [4.78, 5) is 12.3. The van der Waals surface area contributed by atoms with E-state index in [1.165, 1.54) is 5.56 Å². The normalized spacial score (nSPS) is 10.8. The van der Waals surface area contributed by atoms with Crippen molar-refractivity contribution in [2.24, 2.45) is 0 Å². The predicted molar refractivity (Wildman–Crippen MR) is 106 cm³/mol. The maximum atomic E-state index is 12.3. The van der Waals surface area contributed by atoms with E-state index in [0.29, 0.717) is 12.2 Å². The van der Waals surface area contributed by atoms with Gasteiger partial charge in [-0.3, -0.25) is 4.79 Å². The molecule has 0 aliphatic carbocycles. The molecule has 26 heavy (non-hydrogen) atoms. The summed E-state index contributed by atoms with van der Waals surface area (Å²) in [6.45, 7) is 4.60. The van der Waals surface area contributed by atoms with Crippen LogP contribution in [0.15, 0.2) is 78.9 Å². The topological polar surface area (TPSA) is 26.3 Å². The Labute approximate surface area is 154 Å². The first-order valence-corrected chi connectivity index (χ1v) is 8.68. The predicted octanol–water partition coefficient (Wildman–Crippen LogP) is 5.78. The van der Waals surface area contributed by atoms with E-state index in [1.807, 2.05) is 92.7 Å². The molecule has 2 nitrogen and oxygen atoms in total. The van der Waals surface area contributed by atoms with Gasteiger partial charge in [-0.05, 0) is 60.4 Å². The number of ketones is 1. The lowest BCUT2D eigenvalue weighted by Gasteiger charge is -2.06. The van der Waals surface area contributed by atoms with Crippen molar-refractivity contribution < 1.29 is 9.53 Å². The van der Waals surface area contributed by atoms with Crippen molar-refractivity contribution >= 4 is 11.9 Å². The third-order valence-electron chi connectivity index (χ3n) is 4.35. The van der Waals surface area contributed by atoms with Crippen LogP contribution in [-0.4, -0.2) is 5.78 Å². The summed E-state index contributed by atoms with van der Waals surface area (Å²) < 4.78 is 5.78. The minimum Gasteiger partial charge on any atom is -0.489 e. The van der Waals surface area contributed by atoms with Crippen LogP contribution >= 0.6 is 0 Å². The van der Waals surface area contributed by atoms with Crippen LogP contribution < -0.4 is 4.74 Å². The summed E-state index contributed by atoms with van der Waals surface area (Å²) in [6, 6.07) is 23.6. The molecule has 0 unspecified atom stereocenters. The second-order valence-corrected chi connectivity index (χ2v) is 6.34. The first kappa shape index (κ1) is 17.7. The Morgan fingerprint density at radius 2 is 1.62 bits per heavy atom. The molecule has 0 saturated heterocycles. The molecule has 0 amide bonds. The number of hydrogen-bond acceptors (Lipinski definition) is 2. The zero-order valence-electron chi connectivity index (χ0n) is 15.1. The minimum atomic E-state index is 0.0116. The van der Waals surface area contributed by atoms with Crippen LogP contribution in [0.3, 0.4) is 0 Å². The third-order valence-corrected chi connectivity index (χ3v) is 4.35. The van der Waals surface area contributed by atoms with Gasteiger partial charge in [0.05, 0.1) is 0 Å². The van der Waals surface area contributed by atoms with Crippen LogP contribution in [0.2, 0.25) is 0 Å². The van der Waals surface area contributed by atoms with E-state index in [-0.39, 0.29) is 5.78 Å². The van der Waals surface area contributed by atoms with Crippen molar-refractivity contribution in [3.63, 3.8) is 0 Å². The number of hydrogen-bond donors (Lipinski definition) is 0. The molecular formula is C24H22O2. The number of carbonyl (C=O) groups is 1. The third kappa shape index (κ3) is 4.70. The zero-order chi connectivity index (χ0) is 18.4. The average Bonchev–Trinajstić information content (AvgIpc) is 2.68. The smallest absolute Gasteiger partial charge is 0.185 e. The van der Waals surface area contributed by atoms with Gasteiger partial charge in [-0.1, -0.05) is 60.7 Å². The molecule has 0 fully saturated rings. The van der Waals surface area contributed by atoms with Crippen LogP contribution in [0.4, 0.5) is 0 Å². The molecule has 3 aromatic rings. The van der Waals surface area contributed by atoms with E-state index in [4.69, 9.17) is 4.74 Å². The highest BCUT2D eigenvalue weighted by Crippen LogP contribution is 2.16. The highest BCUT2D eigenvalue weighted by atomic mass is 16.5. The van der Waals surface area contributed by atoms with Crippen molar-refractivity contribution in [2.45, 2.75) is 20.5 Å². The van der Waals surface area contributed by atoms with Gasteiger partial charge in [0.25, 0.3) is 0 Å². The standard InChI is InChI=1S/C24H22O2/c1-18-8-12-22(16-19(18)2)24(25)15-11-20-9-13-23(14-10-20)26-17-21-6-4-3-5-7-21/h3-16H,17H2,1-2H3. The van der Waals surface area contributed by atoms with E-state index in [9.17, 15) is 4.79 Å². The van der Waals surface area contributed by atoms with Crippen LogP contribution in [0.1, 0.15) is 32.6 Å². The van der Waals surface area contributed by atoms with Crippen molar-refractivity contribution in [1.29, 1.82) is 0 Å². The van der Waals surface area contributed by atoms with Crippen LogP contribution in [0.25, 0.3) is 6.08 Å². The SMILES string of the molecule is Cc1ccc(C(=O)C=Cc2ccc(OCc3ccccc3)cc2)cc1C. The second-order valence-electron chi connectivity index (χ2n) is 6.34. The molecule has 0 saturated carbocycles. The summed E-state index contributed by atoms with van der Waals surface area (Å²) in [5, 5.41) is 0. The number of carbonyl (C=O) groups excluding carboxylic acids is 1. The van der Waals surface area contributed by atoms with Crippen LogP contribution in [0, 0.1) is 13.8 Å². The Balaban J connectivity index is 1.60. The molecule has 130 valence electrons. The first-order valence-electron chi connectivity index (χ1n) is 8.68. The van der Waals surface area contributed by atoms with Gasteiger partial charge in [0.1, 0.15) is 12.4 Å². The van der Waals surface area contributed by atoms with Gasteiger partial charge in [0.2, 0.25) is 0 Å². The lowest BCUT2D eigenvalue weighted by molar-refractivity contribution is 0.104. The van der Waals surface area contributed by atoms with Crippen LogP contribution in [-0.2, 0) is 6.61 Å². The van der Waals surface area contributed by atoms with Crippen molar-refractivity contribution in [3.8, 4) is 5.75 Å². The van der Waals surface area contributed by atoms with Crippen molar-refractivity contribution in [1.82, 2.24) is 0 Å². The largest absolute Gasteiger partial charge is 0.489 e. The van der Waals surface area contributed by atoms with E-state index in [0.717, 1.165) is 22.4 Å². The monoisotopic (exact) mass is 342 g/mol. The van der Waals surface area contributed by atoms with Gasteiger partial charge in [-0.25, -0.2) is 0 Å². The van der Waals surface area contributed by atoms with Crippen molar-refractivity contribution in [2.75, 3.05) is 0 Å². The van der Waals surface area contributed by atoms with E-state index >= 15 is 0 Å². The molecule has 0 radical (unpaired) electrons. The fraction of sp³-hybridized carbons (Fsp3) is 0.125. The lowest BCUT2D eigenvalue weighted by atomic mass is 10.0. The summed E-state index contributed by atoms with van der Waals surface area (Å²) in [5.41, 5.74) is 5.14. The Morgan fingerprint density at radius 3 is 2.31 bits per heavy atom. The molecule has 0 N–H and O–H groups in total. The van der Waals surface area contributed by atoms with E-state index in [1.54, 1.807) is 6.08 Å². The fourth-order valence-corrected chi connectivity index (χ4v) is 2.58. The van der Waals surface area contributed by atoms with Crippen molar-refractivity contribution in [3.05, 3.63) is 107 Å². The molecule has 0 bridgehead atoms. The molecule has 0 aromatic heterocycles. The lowest BCUT2D eigenvalue weighted by Crippen LogP contribution is -1.96. The van der Waals surface area contributed by atoms with Gasteiger partial charge in [0, 0.05) is 5.56 Å². The Morgan fingerprint density at radius 1 is 0.885 bits per heavy atom. The summed E-state index contributed by atoms with van der Waals surface area (Å²) in [7, 11) is 0. The fourth-order valence-electron chi connectivity index (χ4n) is 2.58. The van der Waals surface area contributed by atoms with Gasteiger partial charge in [-0.2, -0.15) is 0 Å². The molecule has 0 atom stereocenters. The number of benzene rings is 3. The minimum absolute atomic E-state index is 0.0116. The molecule has 0 aliphatic heterocycles. The first-order chi connectivity index (χ1) is 12.6. The number of ether oxygens (including phenoxy) is 1. The van der Waals surface area contributed by atoms with E-state index < -0.39 is 0 Å². The molecule has 0 heterocycles. The number of rotatable bonds is 6. The van der Waals surface area contributed by atoms with E-state index in [2.05, 4.69) is 0 Å². The van der Waals surface area contributed by atoms with Gasteiger partial charge < -0.3 is 4.74 Å². The number of aryl methyl sites for hydroxylation is 2. The Bertz CT molecular complexity index is 907. The highest BCUT2D eigenvalue weighted by molar-refractivity contribution is 6.06. The van der Waals surface area contributed by atoms with Crippen LogP contribution in [0.5, 0.6) is 5.75 Å². The quantitative estimate of drug-likeness (QED) is 0.419. The molecule has 0 aliphatic rings. The highest BCUT2D eigenvalue weighted by Gasteiger charge is 2.03. The molecule has 3 rings (SSSR count). The molecular weight excluding hydrogens is 320 g/mol. The molecule has 2 heteroatoms. The summed E-state index contributed by atoms with van der Waals surface area (Å²) in [5.74, 6) is 0.823. The summed E-state index contributed by atoms with van der Waals surface area (Å²) >= 11 is 0. The van der Waals surface area contributed by atoms with Gasteiger partial charge in [-0.15, -0.1) is 0 Å². The summed E-state index contributed by atoms with van der Waals surface area (Å²) in [6.07, 6.45) is 3.45. The second kappa shape index (κ2) is 8.30. The molecule has 0 spiro atoms. The Kier molecular flexibility index (Phi) is 5.65. The average molecular weight is 342 g/mol. The van der Waals surface area contributed by atoms with Gasteiger partial charge in [0.15, 0.2) is 5.78 Å². The Hall–Kier alpha value is -3.13. The maximum absolute atomic E-state index is 12.3.